The number of fused-ring (bicyclic) bond motifs is 1. The maximum atomic E-state index is 13.2. The third kappa shape index (κ3) is 8.26. The molecule has 5 rings (SSSR count). The summed E-state index contributed by atoms with van der Waals surface area (Å²) >= 11 is 0. The van der Waals surface area contributed by atoms with Gasteiger partial charge < -0.3 is 19.0 Å². The van der Waals surface area contributed by atoms with Crippen molar-refractivity contribution in [3.05, 3.63) is 123 Å². The first-order chi connectivity index (χ1) is 24.0. The minimum Gasteiger partial charge on any atom is -0.506 e. The van der Waals surface area contributed by atoms with E-state index in [0.29, 0.717) is 6.20 Å². The van der Waals surface area contributed by atoms with E-state index in [1.807, 2.05) is 0 Å². The van der Waals surface area contributed by atoms with Crippen LogP contribution in [0.3, 0.4) is 0 Å². The van der Waals surface area contributed by atoms with Gasteiger partial charge in [0, 0.05) is 35.8 Å². The fourth-order valence-corrected chi connectivity index (χ4v) is 4.65. The van der Waals surface area contributed by atoms with E-state index < -0.39 is 70.3 Å². The van der Waals surface area contributed by atoms with Crippen LogP contribution in [0.2, 0.25) is 0 Å². The van der Waals surface area contributed by atoms with Gasteiger partial charge in [-0.2, -0.15) is 26.3 Å². The lowest BCUT2D eigenvalue weighted by Gasteiger charge is -2.12. The van der Waals surface area contributed by atoms with Crippen molar-refractivity contribution in [1.82, 2.24) is 9.97 Å². The number of hydrogen-bond donors (Lipinski definition) is 1. The van der Waals surface area contributed by atoms with Crippen molar-refractivity contribution in [1.29, 1.82) is 0 Å². The first-order valence-electron chi connectivity index (χ1n) is 14.1. The molecule has 0 unspecified atom stereocenters. The fourth-order valence-electron chi connectivity index (χ4n) is 4.65. The van der Waals surface area contributed by atoms with Crippen molar-refractivity contribution < 1.29 is 64.5 Å². The van der Waals surface area contributed by atoms with Crippen molar-refractivity contribution in [2.24, 2.45) is 0 Å². The molecule has 17 heteroatoms. The van der Waals surface area contributed by atoms with Crippen LogP contribution in [0, 0.1) is 0 Å². The molecule has 0 saturated heterocycles. The minimum atomic E-state index is -4.86. The number of halogens is 6. The molecule has 0 fully saturated rings. The lowest BCUT2D eigenvalue weighted by atomic mass is 9.98. The molecule has 0 amide bonds. The molecule has 0 radical (unpaired) electrons. The van der Waals surface area contributed by atoms with Gasteiger partial charge in [0.15, 0.2) is 28.3 Å². The Morgan fingerprint density at radius 1 is 0.765 bits per heavy atom. The number of ether oxygens (including phenoxy) is 2. The van der Waals surface area contributed by atoms with Crippen LogP contribution in [-0.4, -0.2) is 52.8 Å². The average molecular weight is 717 g/mol. The molecule has 0 aliphatic carbocycles. The van der Waals surface area contributed by atoms with Gasteiger partial charge in [-0.1, -0.05) is 12.1 Å². The van der Waals surface area contributed by atoms with Gasteiger partial charge in [0.25, 0.3) is 0 Å². The number of phenols is 1. The number of alkyl halides is 6. The molecule has 0 spiro atoms. The Balaban J connectivity index is 0.000000229. The van der Waals surface area contributed by atoms with Gasteiger partial charge in [0.05, 0.1) is 37.2 Å². The Morgan fingerprint density at radius 2 is 1.35 bits per heavy atom. The largest absolute Gasteiger partial charge is 0.506 e. The van der Waals surface area contributed by atoms with Gasteiger partial charge in [0.2, 0.25) is 0 Å². The maximum absolute atomic E-state index is 13.2. The van der Waals surface area contributed by atoms with Crippen LogP contribution in [0.1, 0.15) is 59.1 Å². The Kier molecular flexibility index (Phi) is 11.0. The van der Waals surface area contributed by atoms with Crippen molar-refractivity contribution in [2.45, 2.75) is 18.8 Å². The van der Waals surface area contributed by atoms with Crippen LogP contribution in [0.5, 0.6) is 5.75 Å². The van der Waals surface area contributed by atoms with E-state index in [9.17, 15) is 55.4 Å². The van der Waals surface area contributed by atoms with Crippen molar-refractivity contribution >= 4 is 34.5 Å². The molecule has 0 atom stereocenters. The zero-order valence-corrected chi connectivity index (χ0v) is 26.1. The third-order valence-corrected chi connectivity index (χ3v) is 6.99. The van der Waals surface area contributed by atoms with E-state index in [0.717, 1.165) is 56.9 Å². The Hall–Kier alpha value is -6.39. The molecule has 0 aliphatic rings. The summed E-state index contributed by atoms with van der Waals surface area (Å²) in [6.45, 7) is 0. The Labute approximate surface area is 282 Å². The molecular formula is C34H22F6N2O9. The summed E-state index contributed by atoms with van der Waals surface area (Å²) in [6, 6.07) is 11.9. The van der Waals surface area contributed by atoms with E-state index in [2.05, 4.69) is 19.4 Å². The minimum absolute atomic E-state index is 0.0541. The smallest absolute Gasteiger partial charge is 0.434 e. The molecule has 1 N–H and O–H groups in total. The Morgan fingerprint density at radius 3 is 2.00 bits per heavy atom. The molecular weight excluding hydrogens is 694 g/mol. The van der Waals surface area contributed by atoms with Crippen LogP contribution in [-0.2, 0) is 21.8 Å². The zero-order valence-electron chi connectivity index (χ0n) is 26.1. The highest BCUT2D eigenvalue weighted by molar-refractivity contribution is 6.15. The molecule has 0 bridgehead atoms. The molecule has 5 aromatic rings. The first-order valence-corrected chi connectivity index (χ1v) is 14.1. The molecule has 0 saturated carbocycles. The van der Waals surface area contributed by atoms with E-state index >= 15 is 0 Å². The fraction of sp³-hybridized carbons (Fsp3) is 0.147. The summed E-state index contributed by atoms with van der Waals surface area (Å²) in [5.74, 6) is -4.76. The van der Waals surface area contributed by atoms with Crippen LogP contribution in [0.4, 0.5) is 26.3 Å². The second kappa shape index (κ2) is 15.0. The van der Waals surface area contributed by atoms with Gasteiger partial charge in [-0.3, -0.25) is 24.4 Å². The monoisotopic (exact) mass is 716 g/mol. The van der Waals surface area contributed by atoms with Crippen molar-refractivity contribution in [3.63, 3.8) is 0 Å². The number of esters is 2. The number of carbonyl (C=O) groups excluding carboxylic acids is 4. The summed E-state index contributed by atoms with van der Waals surface area (Å²) < 4.78 is 92.9. The predicted octanol–water partition coefficient (Wildman–Crippen LogP) is 6.71. The molecule has 3 aromatic heterocycles. The predicted molar refractivity (Wildman–Crippen MR) is 164 cm³/mol. The number of rotatable bonds is 7. The van der Waals surface area contributed by atoms with E-state index in [4.69, 9.17) is 4.42 Å². The number of ketones is 2. The topological polar surface area (TPSA) is 163 Å². The molecule has 264 valence electrons. The number of methoxy groups -OCH3 is 2. The highest BCUT2D eigenvalue weighted by Gasteiger charge is 2.37. The van der Waals surface area contributed by atoms with Crippen LogP contribution in [0.25, 0.3) is 22.3 Å². The summed E-state index contributed by atoms with van der Waals surface area (Å²) in [6.07, 6.45) is -7.80. The second-order valence-electron chi connectivity index (χ2n) is 10.2. The summed E-state index contributed by atoms with van der Waals surface area (Å²) in [5.41, 5.74) is -4.99. The highest BCUT2D eigenvalue weighted by Crippen LogP contribution is 2.37. The summed E-state index contributed by atoms with van der Waals surface area (Å²) in [7, 11) is 2.22. The van der Waals surface area contributed by atoms with Gasteiger partial charge in [-0.15, -0.1) is 0 Å². The van der Waals surface area contributed by atoms with Gasteiger partial charge in [-0.25, -0.2) is 9.59 Å². The first kappa shape index (κ1) is 37.4. The SMILES string of the molecule is COC(=O)c1cccc(C(=O)CC(=O)c2cccnc2C(F)(F)F)c1O.COC(=O)c1cccc2c(=O)cc(-c3ccncc3C(F)(F)F)oc12. The van der Waals surface area contributed by atoms with Crippen molar-refractivity contribution in [3.8, 4) is 17.1 Å². The van der Waals surface area contributed by atoms with E-state index in [1.165, 1.54) is 30.3 Å². The average Bonchev–Trinajstić information content (AvgIpc) is 3.10. The van der Waals surface area contributed by atoms with Crippen molar-refractivity contribution in [2.75, 3.05) is 14.2 Å². The normalized spacial score (nSPS) is 11.3. The van der Waals surface area contributed by atoms with E-state index in [1.54, 1.807) is 0 Å². The van der Waals surface area contributed by atoms with Gasteiger partial charge in [-0.05, 0) is 42.5 Å². The molecule has 0 aliphatic heterocycles. The van der Waals surface area contributed by atoms with Crippen LogP contribution < -0.4 is 5.43 Å². The highest BCUT2D eigenvalue weighted by atomic mass is 19.4. The van der Waals surface area contributed by atoms with E-state index in [-0.39, 0.29) is 39.0 Å². The molecule has 11 nitrogen and oxygen atoms in total. The van der Waals surface area contributed by atoms with Crippen LogP contribution >= 0.6 is 0 Å². The quantitative estimate of drug-likeness (QED) is 0.0825. The standard InChI is InChI=1S/C17H12F3NO5.C17H10F3NO4/c1-26-16(25)11-5-2-4-9(14(11)24)12(22)8-13(23)10-6-3-7-21-15(10)17(18,19)20;1-24-16(23)11-4-2-3-10-13(22)7-14(25-15(10)11)9-5-6-21-8-12(9)17(18,19)20/h2-7,24H,8H2,1H3;2-8H,1H3. The number of aromatic nitrogens is 2. The number of carbonyl (C=O) groups is 4. The maximum Gasteiger partial charge on any atom is 0.434 e. The van der Waals surface area contributed by atoms with Crippen LogP contribution in [0.15, 0.2) is 88.5 Å². The number of hydrogen-bond acceptors (Lipinski definition) is 11. The number of Topliss-reactive ketones (excluding diaryl/α,β-unsaturated/α-hetero) is 2. The number of nitrogens with zero attached hydrogens (tertiary/aromatic N) is 2. The zero-order chi connectivity index (χ0) is 37.7. The molecule has 51 heavy (non-hydrogen) atoms. The molecule has 3 heterocycles. The third-order valence-electron chi connectivity index (χ3n) is 6.99. The second-order valence-corrected chi connectivity index (χ2v) is 10.2. The number of phenolic OH excluding ortho intramolecular Hbond substituents is 1. The number of aromatic hydroxyl groups is 1. The van der Waals surface area contributed by atoms with Gasteiger partial charge >= 0.3 is 24.3 Å². The number of pyridine rings is 2. The molecule has 2 aromatic carbocycles. The lowest BCUT2D eigenvalue weighted by molar-refractivity contribution is -0.141. The van der Waals surface area contributed by atoms with Gasteiger partial charge in [0.1, 0.15) is 22.6 Å². The summed E-state index contributed by atoms with van der Waals surface area (Å²) in [4.78, 5) is 66.6. The Bertz CT molecular complexity index is 2210. The number of para-hydroxylation sites is 2. The number of benzene rings is 2. The summed E-state index contributed by atoms with van der Waals surface area (Å²) in [5, 5.41) is 10.1. The lowest BCUT2D eigenvalue weighted by Crippen LogP contribution is -2.17.